The van der Waals surface area contributed by atoms with Crippen LogP contribution in [0.25, 0.3) is 0 Å². The average Bonchev–Trinajstić information content (AvgIpc) is 2.94. The SMILES string of the molecule is CCNC(=NCc1ccc(C)cc1OCC(F)(F)F)NCc1nc(C)c(C)o1. The second-order valence-corrected chi connectivity index (χ2v) is 6.31. The number of hydrogen-bond donors (Lipinski definition) is 2. The Bertz CT molecular complexity index is 796. The number of guanidine groups is 1. The molecule has 0 radical (unpaired) electrons. The van der Waals surface area contributed by atoms with Crippen LogP contribution >= 0.6 is 0 Å². The van der Waals surface area contributed by atoms with Crippen LogP contribution in [0.15, 0.2) is 27.6 Å². The number of rotatable bonds is 7. The summed E-state index contributed by atoms with van der Waals surface area (Å²) in [5, 5.41) is 6.18. The third kappa shape index (κ3) is 6.79. The zero-order valence-electron chi connectivity index (χ0n) is 16.4. The summed E-state index contributed by atoms with van der Waals surface area (Å²) in [5.74, 6) is 1.96. The molecule has 2 aromatic rings. The van der Waals surface area contributed by atoms with Crippen molar-refractivity contribution in [1.29, 1.82) is 0 Å². The number of aromatic nitrogens is 1. The van der Waals surface area contributed by atoms with E-state index in [-0.39, 0.29) is 12.3 Å². The van der Waals surface area contributed by atoms with Gasteiger partial charge in [0.1, 0.15) is 11.5 Å². The largest absolute Gasteiger partial charge is 0.484 e. The highest BCUT2D eigenvalue weighted by molar-refractivity contribution is 5.79. The van der Waals surface area contributed by atoms with Crippen LogP contribution in [-0.4, -0.2) is 30.3 Å². The van der Waals surface area contributed by atoms with E-state index >= 15 is 0 Å². The predicted molar refractivity (Wildman–Crippen MR) is 100 cm³/mol. The minimum atomic E-state index is -4.40. The van der Waals surface area contributed by atoms with E-state index in [2.05, 4.69) is 20.6 Å². The normalized spacial score (nSPS) is 12.2. The molecule has 1 aromatic heterocycles. The molecule has 0 saturated heterocycles. The quantitative estimate of drug-likeness (QED) is 0.548. The molecule has 0 fully saturated rings. The van der Waals surface area contributed by atoms with Gasteiger partial charge in [0.2, 0.25) is 5.89 Å². The van der Waals surface area contributed by atoms with E-state index < -0.39 is 12.8 Å². The Morgan fingerprint density at radius 1 is 1.21 bits per heavy atom. The van der Waals surface area contributed by atoms with E-state index in [1.54, 1.807) is 19.1 Å². The molecular formula is C19H25F3N4O2. The van der Waals surface area contributed by atoms with Gasteiger partial charge in [-0.3, -0.25) is 0 Å². The maximum Gasteiger partial charge on any atom is 0.422 e. The first-order chi connectivity index (χ1) is 13.2. The fourth-order valence-corrected chi connectivity index (χ4v) is 2.37. The molecule has 0 amide bonds. The Hall–Kier alpha value is -2.71. The third-order valence-electron chi connectivity index (χ3n) is 3.85. The zero-order valence-corrected chi connectivity index (χ0v) is 16.4. The van der Waals surface area contributed by atoms with Crippen LogP contribution in [0.4, 0.5) is 13.2 Å². The van der Waals surface area contributed by atoms with Gasteiger partial charge in [-0.25, -0.2) is 9.98 Å². The lowest BCUT2D eigenvalue weighted by molar-refractivity contribution is -0.153. The second kappa shape index (κ2) is 9.48. The maximum absolute atomic E-state index is 12.5. The van der Waals surface area contributed by atoms with Crippen molar-refractivity contribution in [3.63, 3.8) is 0 Å². The van der Waals surface area contributed by atoms with Gasteiger partial charge in [-0.05, 0) is 39.3 Å². The van der Waals surface area contributed by atoms with Crippen molar-refractivity contribution in [3.05, 3.63) is 46.7 Å². The smallest absolute Gasteiger partial charge is 0.422 e. The second-order valence-electron chi connectivity index (χ2n) is 6.31. The maximum atomic E-state index is 12.5. The molecular weight excluding hydrogens is 373 g/mol. The average molecular weight is 398 g/mol. The van der Waals surface area contributed by atoms with Crippen molar-refractivity contribution in [2.24, 2.45) is 4.99 Å². The van der Waals surface area contributed by atoms with Gasteiger partial charge in [-0.1, -0.05) is 12.1 Å². The Balaban J connectivity index is 2.08. The summed E-state index contributed by atoms with van der Waals surface area (Å²) in [6.07, 6.45) is -4.40. The Morgan fingerprint density at radius 3 is 2.57 bits per heavy atom. The Kier molecular flexibility index (Phi) is 7.31. The van der Waals surface area contributed by atoms with Crippen molar-refractivity contribution in [2.45, 2.75) is 47.0 Å². The molecule has 9 heteroatoms. The molecule has 0 unspecified atom stereocenters. The first kappa shape index (κ1) is 21.6. The number of alkyl halides is 3. The van der Waals surface area contributed by atoms with Crippen LogP contribution in [0.5, 0.6) is 5.75 Å². The summed E-state index contributed by atoms with van der Waals surface area (Å²) in [6.45, 7) is 7.19. The highest BCUT2D eigenvalue weighted by atomic mass is 19.4. The first-order valence-corrected chi connectivity index (χ1v) is 8.92. The molecule has 1 heterocycles. The zero-order chi connectivity index (χ0) is 20.7. The summed E-state index contributed by atoms with van der Waals surface area (Å²) in [4.78, 5) is 8.72. The van der Waals surface area contributed by atoms with Gasteiger partial charge >= 0.3 is 6.18 Å². The fraction of sp³-hybridized carbons (Fsp3) is 0.474. The van der Waals surface area contributed by atoms with Gasteiger partial charge in [0.15, 0.2) is 12.6 Å². The van der Waals surface area contributed by atoms with E-state index in [0.29, 0.717) is 30.5 Å². The molecule has 6 nitrogen and oxygen atoms in total. The lowest BCUT2D eigenvalue weighted by Crippen LogP contribution is -2.36. The van der Waals surface area contributed by atoms with Crippen molar-refractivity contribution >= 4 is 5.96 Å². The number of halogens is 3. The van der Waals surface area contributed by atoms with Crippen molar-refractivity contribution in [3.8, 4) is 5.75 Å². The Labute approximate surface area is 162 Å². The molecule has 0 aliphatic carbocycles. The number of ether oxygens (including phenoxy) is 1. The molecule has 0 spiro atoms. The van der Waals surface area contributed by atoms with Crippen LogP contribution < -0.4 is 15.4 Å². The number of nitrogens with one attached hydrogen (secondary N) is 2. The van der Waals surface area contributed by atoms with Gasteiger partial charge in [0.05, 0.1) is 18.8 Å². The number of aliphatic imine (C=N–C) groups is 1. The summed E-state index contributed by atoms with van der Waals surface area (Å²) < 4.78 is 48.0. The van der Waals surface area contributed by atoms with E-state index in [9.17, 15) is 13.2 Å². The van der Waals surface area contributed by atoms with Crippen molar-refractivity contribution in [1.82, 2.24) is 15.6 Å². The van der Waals surface area contributed by atoms with Gasteiger partial charge in [0.25, 0.3) is 0 Å². The van der Waals surface area contributed by atoms with Crippen LogP contribution in [0, 0.1) is 20.8 Å². The molecule has 0 bridgehead atoms. The molecule has 0 aliphatic heterocycles. The first-order valence-electron chi connectivity index (χ1n) is 8.92. The third-order valence-corrected chi connectivity index (χ3v) is 3.85. The van der Waals surface area contributed by atoms with Crippen LogP contribution in [0.3, 0.4) is 0 Å². The standard InChI is InChI=1S/C19H25F3N4O2/c1-5-23-18(25-10-17-26-13(3)14(4)28-17)24-9-15-7-6-12(2)8-16(15)27-11-19(20,21)22/h6-8H,5,9-11H2,1-4H3,(H2,23,24,25). The topological polar surface area (TPSA) is 71.7 Å². The number of oxazole rings is 1. The van der Waals surface area contributed by atoms with Crippen molar-refractivity contribution < 1.29 is 22.3 Å². The van der Waals surface area contributed by atoms with E-state index in [0.717, 1.165) is 17.0 Å². The highest BCUT2D eigenvalue weighted by Gasteiger charge is 2.28. The molecule has 2 N–H and O–H groups in total. The molecule has 28 heavy (non-hydrogen) atoms. The number of nitrogens with zero attached hydrogens (tertiary/aromatic N) is 2. The minimum Gasteiger partial charge on any atom is -0.484 e. The van der Waals surface area contributed by atoms with Gasteiger partial charge < -0.3 is 19.8 Å². The van der Waals surface area contributed by atoms with Crippen molar-refractivity contribution in [2.75, 3.05) is 13.2 Å². The molecule has 0 saturated carbocycles. The number of benzene rings is 1. The summed E-state index contributed by atoms with van der Waals surface area (Å²) in [7, 11) is 0. The van der Waals surface area contributed by atoms with Gasteiger partial charge in [-0.15, -0.1) is 0 Å². The summed E-state index contributed by atoms with van der Waals surface area (Å²) in [6, 6.07) is 5.11. The fourth-order valence-electron chi connectivity index (χ4n) is 2.37. The molecule has 154 valence electrons. The van der Waals surface area contributed by atoms with Crippen LogP contribution in [0.2, 0.25) is 0 Å². The molecule has 0 aliphatic rings. The monoisotopic (exact) mass is 398 g/mol. The highest BCUT2D eigenvalue weighted by Crippen LogP contribution is 2.24. The number of aryl methyl sites for hydroxylation is 3. The van der Waals surface area contributed by atoms with Crippen LogP contribution in [-0.2, 0) is 13.1 Å². The lowest BCUT2D eigenvalue weighted by atomic mass is 10.1. The lowest BCUT2D eigenvalue weighted by Gasteiger charge is -2.14. The molecule has 0 atom stereocenters. The number of hydrogen-bond acceptors (Lipinski definition) is 4. The van der Waals surface area contributed by atoms with E-state index in [1.165, 1.54) is 0 Å². The van der Waals surface area contributed by atoms with E-state index in [4.69, 9.17) is 9.15 Å². The van der Waals surface area contributed by atoms with Crippen LogP contribution in [0.1, 0.15) is 35.4 Å². The van der Waals surface area contributed by atoms with Gasteiger partial charge in [-0.2, -0.15) is 13.2 Å². The molecule has 1 aromatic carbocycles. The Morgan fingerprint density at radius 2 is 1.96 bits per heavy atom. The van der Waals surface area contributed by atoms with E-state index in [1.807, 2.05) is 26.8 Å². The van der Waals surface area contributed by atoms with Gasteiger partial charge in [0, 0.05) is 12.1 Å². The minimum absolute atomic E-state index is 0.159. The molecule has 2 rings (SSSR count). The predicted octanol–water partition coefficient (Wildman–Crippen LogP) is 3.80. The summed E-state index contributed by atoms with van der Waals surface area (Å²) >= 11 is 0. The summed E-state index contributed by atoms with van der Waals surface area (Å²) in [5.41, 5.74) is 2.20.